The lowest BCUT2D eigenvalue weighted by molar-refractivity contribution is 0.251. The fourth-order valence-corrected chi connectivity index (χ4v) is 4.19. The number of hydrogen-bond acceptors (Lipinski definition) is 5. The monoisotopic (exact) mass is 477 g/mol. The van der Waals surface area contributed by atoms with Crippen LogP contribution in [0, 0.1) is 12.7 Å². The number of anilines is 1. The first-order valence-electron chi connectivity index (χ1n) is 10.6. The van der Waals surface area contributed by atoms with Crippen LogP contribution >= 0.6 is 11.8 Å². The molecule has 4 aromatic rings. The van der Waals surface area contributed by atoms with Crippen molar-refractivity contribution in [1.82, 2.24) is 20.1 Å². The number of urea groups is 1. The molecule has 2 amide bonds. The Bertz CT molecular complexity index is 1260. The summed E-state index contributed by atoms with van der Waals surface area (Å²) in [5, 5.41) is 15.0. The average Bonchev–Trinajstić information content (AvgIpc) is 3.26. The molecule has 0 aliphatic rings. The van der Waals surface area contributed by atoms with Gasteiger partial charge in [-0.15, -0.1) is 10.2 Å². The molecule has 0 aliphatic carbocycles. The number of aryl methyl sites for hydroxylation is 1. The number of nitrogens with zero attached hydrogens (tertiary/aromatic N) is 3. The van der Waals surface area contributed by atoms with Gasteiger partial charge in [-0.3, -0.25) is 4.57 Å². The van der Waals surface area contributed by atoms with Crippen LogP contribution in [0.1, 0.15) is 17.0 Å². The Hall–Kier alpha value is -3.85. The Morgan fingerprint density at radius 3 is 2.50 bits per heavy atom. The molecule has 1 heterocycles. The molecule has 0 atom stereocenters. The number of para-hydroxylation sites is 2. The molecule has 0 fully saturated rings. The molecule has 0 saturated carbocycles. The number of hydrogen-bond donors (Lipinski definition) is 2. The normalized spacial score (nSPS) is 10.7. The first-order valence-corrected chi connectivity index (χ1v) is 11.6. The van der Waals surface area contributed by atoms with Gasteiger partial charge in [0.2, 0.25) is 0 Å². The van der Waals surface area contributed by atoms with Gasteiger partial charge in [0, 0.05) is 11.4 Å². The number of rotatable bonds is 8. The summed E-state index contributed by atoms with van der Waals surface area (Å²) in [6, 6.07) is 21.2. The largest absolute Gasteiger partial charge is 0.495 e. The summed E-state index contributed by atoms with van der Waals surface area (Å²) in [6.45, 7) is 2.18. The van der Waals surface area contributed by atoms with E-state index in [0.29, 0.717) is 28.2 Å². The van der Waals surface area contributed by atoms with Crippen molar-refractivity contribution in [2.24, 2.45) is 0 Å². The molecule has 1 aromatic heterocycles. The van der Waals surface area contributed by atoms with Crippen molar-refractivity contribution in [3.8, 4) is 11.4 Å². The van der Waals surface area contributed by atoms with Crippen molar-refractivity contribution in [2.45, 2.75) is 24.4 Å². The van der Waals surface area contributed by atoms with Gasteiger partial charge in [-0.2, -0.15) is 0 Å². The lowest BCUT2D eigenvalue weighted by Crippen LogP contribution is -2.29. The summed E-state index contributed by atoms with van der Waals surface area (Å²) in [5.41, 5.74) is 3.56. The van der Waals surface area contributed by atoms with E-state index in [0.717, 1.165) is 16.8 Å². The lowest BCUT2D eigenvalue weighted by atomic mass is 10.2. The molecule has 0 radical (unpaired) electrons. The molecular weight excluding hydrogens is 453 g/mol. The summed E-state index contributed by atoms with van der Waals surface area (Å²) in [4.78, 5) is 12.5. The molecule has 174 valence electrons. The van der Waals surface area contributed by atoms with Crippen LogP contribution in [0.4, 0.5) is 14.9 Å². The van der Waals surface area contributed by atoms with E-state index in [4.69, 9.17) is 4.74 Å². The van der Waals surface area contributed by atoms with Crippen molar-refractivity contribution in [1.29, 1.82) is 0 Å². The summed E-state index contributed by atoms with van der Waals surface area (Å²) in [6.07, 6.45) is 0. The smallest absolute Gasteiger partial charge is 0.319 e. The zero-order chi connectivity index (χ0) is 23.9. The maximum Gasteiger partial charge on any atom is 0.319 e. The Morgan fingerprint density at radius 2 is 1.76 bits per heavy atom. The van der Waals surface area contributed by atoms with Crippen molar-refractivity contribution in [2.75, 3.05) is 12.4 Å². The Labute approximate surface area is 201 Å². The van der Waals surface area contributed by atoms with Gasteiger partial charge in [0.15, 0.2) is 11.0 Å². The van der Waals surface area contributed by atoms with Crippen LogP contribution in [0.25, 0.3) is 5.69 Å². The van der Waals surface area contributed by atoms with Gasteiger partial charge >= 0.3 is 6.03 Å². The van der Waals surface area contributed by atoms with E-state index >= 15 is 0 Å². The van der Waals surface area contributed by atoms with Crippen LogP contribution in [0.3, 0.4) is 0 Å². The summed E-state index contributed by atoms with van der Waals surface area (Å²) in [7, 11) is 1.55. The highest BCUT2D eigenvalue weighted by molar-refractivity contribution is 7.98. The van der Waals surface area contributed by atoms with E-state index < -0.39 is 0 Å². The molecule has 0 saturated heterocycles. The first-order chi connectivity index (χ1) is 16.5. The molecule has 2 N–H and O–H groups in total. The fraction of sp³-hybridized carbons (Fsp3) is 0.160. The highest BCUT2D eigenvalue weighted by atomic mass is 32.2. The van der Waals surface area contributed by atoms with E-state index in [1.807, 2.05) is 47.9 Å². The van der Waals surface area contributed by atoms with Gasteiger partial charge in [-0.25, -0.2) is 9.18 Å². The highest BCUT2D eigenvalue weighted by Gasteiger charge is 2.16. The second-order valence-corrected chi connectivity index (χ2v) is 8.44. The third-order valence-electron chi connectivity index (χ3n) is 5.04. The number of halogens is 1. The maximum atomic E-state index is 13.2. The molecule has 34 heavy (non-hydrogen) atoms. The van der Waals surface area contributed by atoms with Crippen LogP contribution in [0.5, 0.6) is 5.75 Å². The Kier molecular flexibility index (Phi) is 7.44. The minimum Gasteiger partial charge on any atom is -0.495 e. The SMILES string of the molecule is COc1ccccc1NC(=O)NCc1nnc(SCc2ccc(F)cc2)n1-c1ccc(C)cc1. The number of thioether (sulfide) groups is 1. The maximum absolute atomic E-state index is 13.2. The second kappa shape index (κ2) is 10.8. The van der Waals surface area contributed by atoms with Gasteiger partial charge in [0.05, 0.1) is 19.3 Å². The minimum absolute atomic E-state index is 0.166. The van der Waals surface area contributed by atoms with Gasteiger partial charge < -0.3 is 15.4 Å². The summed E-state index contributed by atoms with van der Waals surface area (Å²) < 4.78 is 20.4. The van der Waals surface area contributed by atoms with Crippen LogP contribution in [-0.4, -0.2) is 27.9 Å². The minimum atomic E-state index is -0.386. The fourth-order valence-electron chi connectivity index (χ4n) is 3.26. The lowest BCUT2D eigenvalue weighted by Gasteiger charge is -2.13. The van der Waals surface area contributed by atoms with E-state index in [1.165, 1.54) is 23.9 Å². The zero-order valence-corrected chi connectivity index (χ0v) is 19.6. The third kappa shape index (κ3) is 5.74. The molecule has 0 aliphatic heterocycles. The van der Waals surface area contributed by atoms with Crippen molar-refractivity contribution in [3.05, 3.63) is 95.6 Å². The van der Waals surface area contributed by atoms with Gasteiger partial charge in [0.25, 0.3) is 0 Å². The van der Waals surface area contributed by atoms with E-state index in [-0.39, 0.29) is 18.4 Å². The van der Waals surface area contributed by atoms with Gasteiger partial charge in [0.1, 0.15) is 11.6 Å². The average molecular weight is 478 g/mol. The van der Waals surface area contributed by atoms with E-state index in [2.05, 4.69) is 20.8 Å². The number of benzene rings is 3. The molecule has 4 rings (SSSR count). The number of ether oxygens (including phenoxy) is 1. The van der Waals surface area contributed by atoms with Crippen molar-refractivity contribution in [3.63, 3.8) is 0 Å². The molecule has 0 unspecified atom stereocenters. The number of carbonyl (C=O) groups is 1. The topological polar surface area (TPSA) is 81.1 Å². The van der Waals surface area contributed by atoms with Crippen LogP contribution < -0.4 is 15.4 Å². The van der Waals surface area contributed by atoms with Gasteiger partial charge in [-0.05, 0) is 48.9 Å². The summed E-state index contributed by atoms with van der Waals surface area (Å²) >= 11 is 1.49. The molecule has 9 heteroatoms. The number of aromatic nitrogens is 3. The number of carbonyl (C=O) groups excluding carboxylic acids is 1. The third-order valence-corrected chi connectivity index (χ3v) is 6.04. The quantitative estimate of drug-likeness (QED) is 0.335. The molecular formula is C25H24FN5O2S. The Morgan fingerprint density at radius 1 is 1.03 bits per heavy atom. The second-order valence-electron chi connectivity index (χ2n) is 7.49. The molecule has 3 aromatic carbocycles. The molecule has 0 bridgehead atoms. The van der Waals surface area contributed by atoms with Gasteiger partial charge in [-0.1, -0.05) is 53.7 Å². The zero-order valence-electron chi connectivity index (χ0n) is 18.8. The Balaban J connectivity index is 1.51. The predicted molar refractivity (Wildman–Crippen MR) is 131 cm³/mol. The number of amides is 2. The van der Waals surface area contributed by atoms with E-state index in [1.54, 1.807) is 31.4 Å². The van der Waals surface area contributed by atoms with E-state index in [9.17, 15) is 9.18 Å². The highest BCUT2D eigenvalue weighted by Crippen LogP contribution is 2.26. The standard InChI is InChI=1S/C25H24FN5O2S/c1-17-7-13-20(14-8-17)31-23(15-27-24(32)28-21-5-3-4-6-22(21)33-2)29-30-25(31)34-16-18-9-11-19(26)12-10-18/h3-14H,15-16H2,1-2H3,(H2,27,28,32). The van der Waals surface area contributed by atoms with Crippen LogP contribution in [0.2, 0.25) is 0 Å². The van der Waals surface area contributed by atoms with Crippen LogP contribution in [-0.2, 0) is 12.3 Å². The molecule has 7 nitrogen and oxygen atoms in total. The number of methoxy groups -OCH3 is 1. The van der Waals surface area contributed by atoms with Crippen molar-refractivity contribution < 1.29 is 13.9 Å². The van der Waals surface area contributed by atoms with Crippen LogP contribution in [0.15, 0.2) is 78.0 Å². The molecule has 0 spiro atoms. The summed E-state index contributed by atoms with van der Waals surface area (Å²) in [5.74, 6) is 1.49. The van der Waals surface area contributed by atoms with Crippen molar-refractivity contribution >= 4 is 23.5 Å². The predicted octanol–water partition coefficient (Wildman–Crippen LogP) is 5.34. The number of nitrogens with one attached hydrogen (secondary N) is 2. The first kappa shape index (κ1) is 23.3.